The van der Waals surface area contributed by atoms with Crippen LogP contribution in [-0.2, 0) is 11.2 Å². The average molecular weight is 225 g/mol. The third-order valence-electron chi connectivity index (χ3n) is 2.76. The van der Waals surface area contributed by atoms with E-state index >= 15 is 0 Å². The van der Waals surface area contributed by atoms with E-state index in [-0.39, 0.29) is 6.42 Å². The molecule has 0 saturated carbocycles. The summed E-state index contributed by atoms with van der Waals surface area (Å²) in [5, 5.41) is 19.8. The van der Waals surface area contributed by atoms with Gasteiger partial charge in [0, 0.05) is 0 Å². The number of hydrogen-bond acceptors (Lipinski definition) is 2. The summed E-state index contributed by atoms with van der Waals surface area (Å²) in [4.78, 5) is 10.8. The zero-order chi connectivity index (χ0) is 12.3. The Morgan fingerprint density at radius 2 is 1.94 bits per heavy atom. The summed E-state index contributed by atoms with van der Waals surface area (Å²) in [5.41, 5.74) is 0.900. The fourth-order valence-corrected chi connectivity index (χ4v) is 1.88. The molecule has 3 nitrogen and oxygen atoms in total. The first kappa shape index (κ1) is 11.2. The predicted molar refractivity (Wildman–Crippen MR) is 64.4 cm³/mol. The van der Waals surface area contributed by atoms with E-state index in [0.29, 0.717) is 0 Å². The standard InChI is InChI=1S/C14H11NO2/c15-9-12(14(16)17)8-11-6-3-5-10-4-1-2-7-13(10)11/h1-7,12H,8H2,(H,16,17)/t12-/m0/s1. The number of carboxylic acids is 1. The van der Waals surface area contributed by atoms with E-state index in [1.54, 1.807) is 0 Å². The molecule has 2 aromatic rings. The van der Waals surface area contributed by atoms with E-state index in [0.717, 1.165) is 16.3 Å². The van der Waals surface area contributed by atoms with Crippen LogP contribution in [0.5, 0.6) is 0 Å². The summed E-state index contributed by atoms with van der Waals surface area (Å²) in [6.45, 7) is 0. The van der Waals surface area contributed by atoms with E-state index in [1.807, 2.05) is 48.5 Å². The summed E-state index contributed by atoms with van der Waals surface area (Å²) in [6, 6.07) is 15.3. The fraction of sp³-hybridized carbons (Fsp3) is 0.143. The van der Waals surface area contributed by atoms with E-state index in [2.05, 4.69) is 0 Å². The molecule has 0 spiro atoms. The number of aliphatic carboxylic acids is 1. The Balaban J connectivity index is 2.43. The first-order chi connectivity index (χ1) is 8.22. The minimum atomic E-state index is -1.07. The van der Waals surface area contributed by atoms with Crippen molar-refractivity contribution >= 4 is 16.7 Å². The van der Waals surface area contributed by atoms with Gasteiger partial charge in [0.25, 0.3) is 0 Å². The molecule has 0 radical (unpaired) electrons. The molecule has 1 atom stereocenters. The molecule has 0 amide bonds. The number of benzene rings is 2. The molecular formula is C14H11NO2. The van der Waals surface area contributed by atoms with Crippen LogP contribution >= 0.6 is 0 Å². The van der Waals surface area contributed by atoms with Crippen LogP contribution in [0.25, 0.3) is 10.8 Å². The highest BCUT2D eigenvalue weighted by molar-refractivity contribution is 5.86. The van der Waals surface area contributed by atoms with Gasteiger partial charge in [-0.1, -0.05) is 42.5 Å². The van der Waals surface area contributed by atoms with Crippen molar-refractivity contribution in [2.75, 3.05) is 0 Å². The lowest BCUT2D eigenvalue weighted by atomic mass is 9.96. The number of hydrogen-bond donors (Lipinski definition) is 1. The van der Waals surface area contributed by atoms with Crippen molar-refractivity contribution < 1.29 is 9.90 Å². The minimum absolute atomic E-state index is 0.243. The van der Waals surface area contributed by atoms with Gasteiger partial charge in [0.1, 0.15) is 5.92 Å². The first-order valence-corrected chi connectivity index (χ1v) is 5.31. The predicted octanol–water partition coefficient (Wildman–Crippen LogP) is 2.61. The number of nitrogens with zero attached hydrogens (tertiary/aromatic N) is 1. The summed E-state index contributed by atoms with van der Waals surface area (Å²) in [5.74, 6) is -2.05. The monoisotopic (exact) mass is 225 g/mol. The SMILES string of the molecule is N#C[C@H](Cc1cccc2ccccc12)C(=O)O. The Kier molecular flexibility index (Phi) is 3.06. The maximum atomic E-state index is 10.8. The molecule has 17 heavy (non-hydrogen) atoms. The zero-order valence-electron chi connectivity index (χ0n) is 9.13. The number of nitriles is 1. The van der Waals surface area contributed by atoms with Crippen LogP contribution in [0.1, 0.15) is 5.56 Å². The molecule has 2 aromatic carbocycles. The third kappa shape index (κ3) is 2.26. The van der Waals surface area contributed by atoms with E-state index in [4.69, 9.17) is 10.4 Å². The van der Waals surface area contributed by atoms with Gasteiger partial charge in [-0.3, -0.25) is 4.79 Å². The number of rotatable bonds is 3. The van der Waals surface area contributed by atoms with Crippen LogP contribution in [0.3, 0.4) is 0 Å². The van der Waals surface area contributed by atoms with Crippen LogP contribution in [-0.4, -0.2) is 11.1 Å². The van der Waals surface area contributed by atoms with Gasteiger partial charge in [0.2, 0.25) is 0 Å². The molecule has 0 aliphatic heterocycles. The van der Waals surface area contributed by atoms with Crippen molar-refractivity contribution in [3.05, 3.63) is 48.0 Å². The maximum absolute atomic E-state index is 10.8. The second-order valence-electron chi connectivity index (χ2n) is 3.86. The van der Waals surface area contributed by atoms with E-state index in [9.17, 15) is 4.79 Å². The molecule has 0 bridgehead atoms. The molecule has 2 rings (SSSR count). The van der Waals surface area contributed by atoms with Gasteiger partial charge in [-0.05, 0) is 22.8 Å². The Bertz CT molecular complexity index is 593. The Labute approximate surface area is 98.9 Å². The highest BCUT2D eigenvalue weighted by Gasteiger charge is 2.17. The van der Waals surface area contributed by atoms with Gasteiger partial charge in [-0.2, -0.15) is 5.26 Å². The molecule has 0 aliphatic carbocycles. The van der Waals surface area contributed by atoms with Gasteiger partial charge in [0.15, 0.2) is 0 Å². The quantitative estimate of drug-likeness (QED) is 0.873. The lowest BCUT2D eigenvalue weighted by molar-refractivity contribution is -0.139. The third-order valence-corrected chi connectivity index (χ3v) is 2.76. The minimum Gasteiger partial charge on any atom is -0.480 e. The van der Waals surface area contributed by atoms with Crippen molar-refractivity contribution in [1.29, 1.82) is 5.26 Å². The lowest BCUT2D eigenvalue weighted by Gasteiger charge is -2.07. The van der Waals surface area contributed by atoms with Crippen molar-refractivity contribution in [1.82, 2.24) is 0 Å². The number of carboxylic acid groups (broad SMARTS) is 1. The number of fused-ring (bicyclic) bond motifs is 1. The van der Waals surface area contributed by atoms with Crippen molar-refractivity contribution in [2.24, 2.45) is 5.92 Å². The highest BCUT2D eigenvalue weighted by atomic mass is 16.4. The largest absolute Gasteiger partial charge is 0.480 e. The zero-order valence-corrected chi connectivity index (χ0v) is 9.13. The van der Waals surface area contributed by atoms with Crippen LogP contribution in [0.15, 0.2) is 42.5 Å². The van der Waals surface area contributed by atoms with Crippen molar-refractivity contribution in [3.8, 4) is 6.07 Å². The van der Waals surface area contributed by atoms with Crippen LogP contribution in [0, 0.1) is 17.2 Å². The fourth-order valence-electron chi connectivity index (χ4n) is 1.88. The molecule has 84 valence electrons. The second-order valence-corrected chi connectivity index (χ2v) is 3.86. The Morgan fingerprint density at radius 3 is 2.65 bits per heavy atom. The molecule has 0 saturated heterocycles. The smallest absolute Gasteiger partial charge is 0.321 e. The first-order valence-electron chi connectivity index (χ1n) is 5.31. The van der Waals surface area contributed by atoms with Gasteiger partial charge in [-0.25, -0.2) is 0 Å². The molecule has 0 aliphatic rings. The lowest BCUT2D eigenvalue weighted by Crippen LogP contribution is -2.14. The summed E-state index contributed by atoms with van der Waals surface area (Å²) >= 11 is 0. The Morgan fingerprint density at radius 1 is 1.24 bits per heavy atom. The number of carbonyl (C=O) groups is 1. The van der Waals surface area contributed by atoms with E-state index < -0.39 is 11.9 Å². The molecule has 1 N–H and O–H groups in total. The van der Waals surface area contributed by atoms with Gasteiger partial charge in [0.05, 0.1) is 6.07 Å². The normalized spacial score (nSPS) is 11.9. The maximum Gasteiger partial charge on any atom is 0.321 e. The summed E-state index contributed by atoms with van der Waals surface area (Å²) in [6.07, 6.45) is 0.243. The van der Waals surface area contributed by atoms with Crippen LogP contribution < -0.4 is 0 Å². The molecule has 0 aromatic heterocycles. The summed E-state index contributed by atoms with van der Waals surface area (Å²) in [7, 11) is 0. The Hall–Kier alpha value is -2.34. The molecule has 3 heteroatoms. The highest BCUT2D eigenvalue weighted by Crippen LogP contribution is 2.21. The molecule has 0 heterocycles. The van der Waals surface area contributed by atoms with E-state index in [1.165, 1.54) is 0 Å². The second kappa shape index (κ2) is 4.67. The van der Waals surface area contributed by atoms with Gasteiger partial charge in [-0.15, -0.1) is 0 Å². The summed E-state index contributed by atoms with van der Waals surface area (Å²) < 4.78 is 0. The molecule has 0 unspecified atom stereocenters. The van der Waals surface area contributed by atoms with Crippen molar-refractivity contribution in [3.63, 3.8) is 0 Å². The molecular weight excluding hydrogens is 214 g/mol. The van der Waals surface area contributed by atoms with Crippen LogP contribution in [0.4, 0.5) is 0 Å². The van der Waals surface area contributed by atoms with Crippen LogP contribution in [0.2, 0.25) is 0 Å². The van der Waals surface area contributed by atoms with Gasteiger partial charge >= 0.3 is 5.97 Å². The average Bonchev–Trinajstić information content (AvgIpc) is 2.35. The van der Waals surface area contributed by atoms with Crippen molar-refractivity contribution in [2.45, 2.75) is 6.42 Å². The molecule has 0 fully saturated rings. The topological polar surface area (TPSA) is 61.1 Å². The van der Waals surface area contributed by atoms with Gasteiger partial charge < -0.3 is 5.11 Å².